The van der Waals surface area contributed by atoms with Crippen LogP contribution in [0.5, 0.6) is 5.75 Å². The van der Waals surface area contributed by atoms with E-state index < -0.39 is 0 Å². The Labute approximate surface area is 190 Å². The zero-order chi connectivity index (χ0) is 20.4. The van der Waals surface area contributed by atoms with Crippen molar-refractivity contribution in [2.24, 2.45) is 4.99 Å². The van der Waals surface area contributed by atoms with Gasteiger partial charge >= 0.3 is 0 Å². The first kappa shape index (κ1) is 25.4. The average Bonchev–Trinajstić information content (AvgIpc) is 2.68. The predicted octanol–water partition coefficient (Wildman–Crippen LogP) is 1.93. The second-order valence-corrected chi connectivity index (χ2v) is 6.88. The first-order valence-corrected chi connectivity index (χ1v) is 9.90. The number of rotatable bonds is 8. The van der Waals surface area contributed by atoms with E-state index in [1.807, 2.05) is 18.7 Å². The highest BCUT2D eigenvalue weighted by atomic mass is 127. The second-order valence-electron chi connectivity index (χ2n) is 6.88. The number of hydrogen-bond donors (Lipinski definition) is 2. The summed E-state index contributed by atoms with van der Waals surface area (Å²) in [5.41, 5.74) is 0. The monoisotopic (exact) mass is 521 g/mol. The van der Waals surface area contributed by atoms with Crippen LogP contribution in [0.4, 0.5) is 4.39 Å². The molecule has 0 aliphatic carbocycles. The lowest BCUT2D eigenvalue weighted by Gasteiger charge is -2.34. The van der Waals surface area contributed by atoms with E-state index in [1.54, 1.807) is 19.1 Å². The normalized spacial score (nSPS) is 16.0. The fraction of sp³-hybridized carbons (Fsp3) is 0.600. The SMILES string of the molecule is CCNC(=NCC(C)Oc1ccc(F)cc1)NCCN1CCN(C(C)=O)CC1.I. The minimum Gasteiger partial charge on any atom is -0.489 e. The van der Waals surface area contributed by atoms with Crippen LogP contribution in [0.2, 0.25) is 0 Å². The van der Waals surface area contributed by atoms with Crippen LogP contribution in [0.1, 0.15) is 20.8 Å². The summed E-state index contributed by atoms with van der Waals surface area (Å²) < 4.78 is 18.7. The Kier molecular flexibility index (Phi) is 11.9. The van der Waals surface area contributed by atoms with Crippen molar-refractivity contribution in [3.63, 3.8) is 0 Å². The number of piperazine rings is 1. The summed E-state index contributed by atoms with van der Waals surface area (Å²) in [6.07, 6.45) is -0.124. The number of carbonyl (C=O) groups is 1. The topological polar surface area (TPSA) is 69.2 Å². The van der Waals surface area contributed by atoms with Gasteiger partial charge in [0.15, 0.2) is 5.96 Å². The molecular formula is C20H33FIN5O2. The largest absolute Gasteiger partial charge is 0.489 e. The number of ether oxygens (including phenoxy) is 1. The van der Waals surface area contributed by atoms with Gasteiger partial charge in [-0.2, -0.15) is 0 Å². The van der Waals surface area contributed by atoms with Gasteiger partial charge in [0.05, 0.1) is 6.54 Å². The summed E-state index contributed by atoms with van der Waals surface area (Å²) in [4.78, 5) is 20.2. The minimum absolute atomic E-state index is 0. The van der Waals surface area contributed by atoms with E-state index in [2.05, 4.69) is 20.5 Å². The number of benzene rings is 1. The summed E-state index contributed by atoms with van der Waals surface area (Å²) in [5, 5.41) is 6.57. The van der Waals surface area contributed by atoms with Crippen LogP contribution in [0.3, 0.4) is 0 Å². The molecule has 0 radical (unpaired) electrons. The van der Waals surface area contributed by atoms with Crippen molar-refractivity contribution >= 4 is 35.8 Å². The third kappa shape index (κ3) is 9.62. The number of halogens is 2. The Morgan fingerprint density at radius 3 is 2.45 bits per heavy atom. The molecule has 0 aromatic heterocycles. The molecule has 1 fully saturated rings. The van der Waals surface area contributed by atoms with Gasteiger partial charge in [-0.1, -0.05) is 0 Å². The van der Waals surface area contributed by atoms with Crippen LogP contribution in [0.15, 0.2) is 29.3 Å². The van der Waals surface area contributed by atoms with Gasteiger partial charge in [0.1, 0.15) is 17.7 Å². The Balaban J connectivity index is 0.00000420. The van der Waals surface area contributed by atoms with E-state index in [9.17, 15) is 9.18 Å². The number of hydrogen-bond acceptors (Lipinski definition) is 4. The lowest BCUT2D eigenvalue weighted by molar-refractivity contribution is -0.130. The van der Waals surface area contributed by atoms with Gasteiger partial charge in [0.25, 0.3) is 0 Å². The lowest BCUT2D eigenvalue weighted by Crippen LogP contribution is -2.50. The van der Waals surface area contributed by atoms with Crippen LogP contribution < -0.4 is 15.4 Å². The molecule has 1 aliphatic rings. The first-order chi connectivity index (χ1) is 13.5. The highest BCUT2D eigenvalue weighted by Gasteiger charge is 2.17. The average molecular weight is 521 g/mol. The van der Waals surface area contributed by atoms with E-state index in [0.29, 0.717) is 12.3 Å². The number of guanidine groups is 1. The number of amides is 1. The van der Waals surface area contributed by atoms with E-state index in [4.69, 9.17) is 4.74 Å². The summed E-state index contributed by atoms with van der Waals surface area (Å²) in [5.74, 6) is 1.25. The molecule has 29 heavy (non-hydrogen) atoms. The first-order valence-electron chi connectivity index (χ1n) is 9.90. The fourth-order valence-electron chi connectivity index (χ4n) is 2.96. The van der Waals surface area contributed by atoms with E-state index >= 15 is 0 Å². The maximum atomic E-state index is 13.0. The molecule has 1 atom stereocenters. The molecule has 1 aromatic carbocycles. The molecule has 1 aliphatic heterocycles. The maximum absolute atomic E-state index is 13.0. The number of aliphatic imine (C=N–C) groups is 1. The lowest BCUT2D eigenvalue weighted by atomic mass is 10.3. The third-order valence-electron chi connectivity index (χ3n) is 4.54. The van der Waals surface area contributed by atoms with Crippen molar-refractivity contribution in [3.05, 3.63) is 30.1 Å². The molecule has 1 amide bonds. The van der Waals surface area contributed by atoms with Crippen molar-refractivity contribution in [1.82, 2.24) is 20.4 Å². The summed E-state index contributed by atoms with van der Waals surface area (Å²) in [7, 11) is 0. The van der Waals surface area contributed by atoms with Crippen molar-refractivity contribution in [3.8, 4) is 5.75 Å². The van der Waals surface area contributed by atoms with Gasteiger partial charge in [-0.05, 0) is 38.1 Å². The molecule has 1 unspecified atom stereocenters. The molecule has 2 N–H and O–H groups in total. The van der Waals surface area contributed by atoms with Crippen LogP contribution in [0, 0.1) is 5.82 Å². The van der Waals surface area contributed by atoms with Crippen molar-refractivity contribution in [2.45, 2.75) is 26.9 Å². The van der Waals surface area contributed by atoms with Gasteiger partial charge < -0.3 is 20.3 Å². The summed E-state index contributed by atoms with van der Waals surface area (Å²) >= 11 is 0. The molecule has 7 nitrogen and oxygen atoms in total. The van der Waals surface area contributed by atoms with Crippen molar-refractivity contribution in [2.75, 3.05) is 52.4 Å². The van der Waals surface area contributed by atoms with Gasteiger partial charge in [0, 0.05) is 52.7 Å². The predicted molar refractivity (Wildman–Crippen MR) is 125 cm³/mol. The molecule has 0 saturated carbocycles. The molecule has 9 heteroatoms. The zero-order valence-electron chi connectivity index (χ0n) is 17.5. The van der Waals surface area contributed by atoms with Crippen LogP contribution in [-0.4, -0.2) is 80.1 Å². The smallest absolute Gasteiger partial charge is 0.219 e. The van der Waals surface area contributed by atoms with Crippen molar-refractivity contribution in [1.29, 1.82) is 0 Å². The molecule has 0 spiro atoms. The number of carbonyl (C=O) groups excluding carboxylic acids is 1. The Bertz CT molecular complexity index is 636. The highest BCUT2D eigenvalue weighted by Crippen LogP contribution is 2.13. The van der Waals surface area contributed by atoms with E-state index in [-0.39, 0.29) is 41.8 Å². The van der Waals surface area contributed by atoms with Crippen LogP contribution >= 0.6 is 24.0 Å². The second kappa shape index (κ2) is 13.6. The fourth-order valence-corrected chi connectivity index (χ4v) is 2.96. The van der Waals surface area contributed by atoms with Crippen LogP contribution in [0.25, 0.3) is 0 Å². The minimum atomic E-state index is -0.278. The van der Waals surface area contributed by atoms with Gasteiger partial charge in [-0.3, -0.25) is 9.69 Å². The van der Waals surface area contributed by atoms with Gasteiger partial charge in [-0.25, -0.2) is 9.38 Å². The Morgan fingerprint density at radius 2 is 1.86 bits per heavy atom. The molecule has 0 bridgehead atoms. The Hall–Kier alpha value is -1.62. The van der Waals surface area contributed by atoms with Crippen molar-refractivity contribution < 1.29 is 13.9 Å². The molecular weight excluding hydrogens is 488 g/mol. The maximum Gasteiger partial charge on any atom is 0.219 e. The molecule has 1 aromatic rings. The summed E-state index contributed by atoms with van der Waals surface area (Å²) in [6.45, 7) is 11.9. The molecule has 164 valence electrons. The van der Waals surface area contributed by atoms with Gasteiger partial charge in [0.2, 0.25) is 5.91 Å². The Morgan fingerprint density at radius 1 is 1.21 bits per heavy atom. The quantitative estimate of drug-likeness (QED) is 0.311. The highest BCUT2D eigenvalue weighted by molar-refractivity contribution is 14.0. The van der Waals surface area contributed by atoms with Crippen LogP contribution in [-0.2, 0) is 4.79 Å². The zero-order valence-corrected chi connectivity index (χ0v) is 19.8. The summed E-state index contributed by atoms with van der Waals surface area (Å²) in [6, 6.07) is 6.00. The van der Waals surface area contributed by atoms with E-state index in [0.717, 1.165) is 51.8 Å². The molecule has 1 saturated heterocycles. The number of nitrogens with zero attached hydrogens (tertiary/aromatic N) is 3. The number of nitrogens with one attached hydrogen (secondary N) is 2. The van der Waals surface area contributed by atoms with E-state index in [1.165, 1.54) is 12.1 Å². The molecule has 1 heterocycles. The van der Waals surface area contributed by atoms with Gasteiger partial charge in [-0.15, -0.1) is 24.0 Å². The standard InChI is InChI=1S/C20H32FN5O2.HI/c1-4-22-20(23-9-10-25-11-13-26(14-12-25)17(3)27)24-15-16(2)28-19-7-5-18(21)6-8-19;/h5-8,16H,4,9-15H2,1-3H3,(H2,22,23,24);1H. The molecule has 2 rings (SSSR count). The third-order valence-corrected chi connectivity index (χ3v) is 4.54.